The molecule has 7 heteroatoms. The number of ether oxygens (including phenoxy) is 2. The molecule has 0 saturated carbocycles. The van der Waals surface area contributed by atoms with E-state index in [1.165, 1.54) is 11.8 Å². The molecule has 1 N–H and O–H groups in total. The van der Waals surface area contributed by atoms with E-state index in [0.29, 0.717) is 26.4 Å². The van der Waals surface area contributed by atoms with Crippen molar-refractivity contribution in [2.75, 3.05) is 13.7 Å². The molecule has 0 aromatic heterocycles. The number of methoxy groups -OCH3 is 1. The van der Waals surface area contributed by atoms with Crippen LogP contribution in [0.5, 0.6) is 5.75 Å². The van der Waals surface area contributed by atoms with Crippen molar-refractivity contribution < 1.29 is 19.4 Å². The number of hydrogen-bond acceptors (Lipinski definition) is 6. The number of carbonyl (C=O) groups is 1. The average Bonchev–Trinajstić information content (AvgIpc) is 2.97. The molecule has 0 spiro atoms. The van der Waals surface area contributed by atoms with Crippen molar-refractivity contribution >= 4 is 46.1 Å². The van der Waals surface area contributed by atoms with Gasteiger partial charge in [0.1, 0.15) is 22.1 Å². The van der Waals surface area contributed by atoms with Gasteiger partial charge in [-0.1, -0.05) is 35.5 Å². The van der Waals surface area contributed by atoms with Crippen molar-refractivity contribution in [3.63, 3.8) is 0 Å². The first-order valence-electron chi connectivity index (χ1n) is 8.50. The number of aliphatic imine (C=N–C) groups is 1. The first-order valence-corrected chi connectivity index (χ1v) is 9.70. The predicted octanol–water partition coefficient (Wildman–Crippen LogP) is 5.54. The quantitative estimate of drug-likeness (QED) is 0.649. The fraction of sp³-hybridized carbons (Fsp3) is 0.143. The van der Waals surface area contributed by atoms with Crippen molar-refractivity contribution in [2.24, 2.45) is 4.99 Å². The third-order valence-corrected chi connectivity index (χ3v) is 5.07. The molecule has 5 nitrogen and oxygen atoms in total. The second-order valence-electron chi connectivity index (χ2n) is 5.72. The normalized spacial score (nSPS) is 16.7. The van der Waals surface area contributed by atoms with Crippen LogP contribution in [0.1, 0.15) is 12.5 Å². The number of rotatable bonds is 5. The molecule has 3 rings (SSSR count). The molecule has 0 atom stereocenters. The van der Waals surface area contributed by atoms with Crippen molar-refractivity contribution in [3.8, 4) is 5.75 Å². The molecule has 0 saturated heterocycles. The molecule has 1 aliphatic heterocycles. The molecule has 0 radical (unpaired) electrons. The third-order valence-electron chi connectivity index (χ3n) is 3.82. The Morgan fingerprint density at radius 3 is 2.64 bits per heavy atom. The van der Waals surface area contributed by atoms with Gasteiger partial charge in [0, 0.05) is 5.02 Å². The van der Waals surface area contributed by atoms with Gasteiger partial charge >= 0.3 is 5.97 Å². The summed E-state index contributed by atoms with van der Waals surface area (Å²) in [5.41, 5.74) is 1.48. The Balaban J connectivity index is 2.01. The van der Waals surface area contributed by atoms with Crippen molar-refractivity contribution in [2.45, 2.75) is 6.92 Å². The summed E-state index contributed by atoms with van der Waals surface area (Å²) in [4.78, 5) is 17.4. The number of hydrogen-bond donors (Lipinski definition) is 1. The highest BCUT2D eigenvalue weighted by Crippen LogP contribution is 2.40. The summed E-state index contributed by atoms with van der Waals surface area (Å²) in [7, 11) is 1.58. The van der Waals surface area contributed by atoms with Gasteiger partial charge in [-0.25, -0.2) is 9.79 Å². The monoisotopic (exact) mass is 415 g/mol. The number of aliphatic hydroxyl groups is 1. The number of esters is 1. The third kappa shape index (κ3) is 4.58. The Hall–Kier alpha value is -2.70. The molecular weight excluding hydrogens is 398 g/mol. The smallest absolute Gasteiger partial charge is 0.344 e. The molecular formula is C21H18ClNO4S. The van der Waals surface area contributed by atoms with Crippen LogP contribution >= 0.6 is 23.4 Å². The zero-order valence-electron chi connectivity index (χ0n) is 15.3. The van der Waals surface area contributed by atoms with Crippen LogP contribution in [0.25, 0.3) is 6.08 Å². The first kappa shape index (κ1) is 20.0. The number of aliphatic hydroxyl groups excluding tert-OH is 1. The predicted molar refractivity (Wildman–Crippen MR) is 113 cm³/mol. The van der Waals surface area contributed by atoms with Gasteiger partial charge in [0.15, 0.2) is 0 Å². The standard InChI is InChI=1S/C21H18ClNO4S/c1-3-27-21(25)18-19(24)17(12-13-5-4-6-14(22)11-13)28-20(18)23-15-7-9-16(26-2)10-8-15/h4-12,24H,3H2,1-2H3. The maximum absolute atomic E-state index is 12.4. The fourth-order valence-electron chi connectivity index (χ4n) is 2.51. The Morgan fingerprint density at radius 1 is 1.25 bits per heavy atom. The van der Waals surface area contributed by atoms with Gasteiger partial charge in [-0.05, 0) is 55.0 Å². The van der Waals surface area contributed by atoms with E-state index in [1.54, 1.807) is 56.5 Å². The van der Waals surface area contributed by atoms with Crippen LogP contribution in [0, 0.1) is 0 Å². The van der Waals surface area contributed by atoms with E-state index in [2.05, 4.69) is 4.99 Å². The Kier molecular flexibility index (Phi) is 6.44. The zero-order chi connectivity index (χ0) is 20.1. The van der Waals surface area contributed by atoms with E-state index < -0.39 is 5.97 Å². The summed E-state index contributed by atoms with van der Waals surface area (Å²) in [6.07, 6.45) is 1.75. The highest BCUT2D eigenvalue weighted by Gasteiger charge is 2.33. The van der Waals surface area contributed by atoms with Crippen molar-refractivity contribution in [1.29, 1.82) is 0 Å². The Labute approximate surface area is 172 Å². The van der Waals surface area contributed by atoms with Crippen LogP contribution in [-0.4, -0.2) is 29.8 Å². The topological polar surface area (TPSA) is 68.1 Å². The van der Waals surface area contributed by atoms with Gasteiger partial charge in [0.2, 0.25) is 0 Å². The molecule has 0 bridgehead atoms. The first-order chi connectivity index (χ1) is 13.5. The summed E-state index contributed by atoms with van der Waals surface area (Å²) >= 11 is 7.23. The van der Waals surface area contributed by atoms with E-state index in [0.717, 1.165) is 5.56 Å². The van der Waals surface area contributed by atoms with Gasteiger partial charge in [0.05, 0.1) is 24.3 Å². The molecule has 0 aliphatic carbocycles. The minimum Gasteiger partial charge on any atom is -0.506 e. The van der Waals surface area contributed by atoms with Gasteiger partial charge in [0.25, 0.3) is 0 Å². The lowest BCUT2D eigenvalue weighted by Gasteiger charge is -2.04. The van der Waals surface area contributed by atoms with Crippen molar-refractivity contribution in [1.82, 2.24) is 0 Å². The van der Waals surface area contributed by atoms with E-state index in [4.69, 9.17) is 21.1 Å². The lowest BCUT2D eigenvalue weighted by molar-refractivity contribution is -0.138. The van der Waals surface area contributed by atoms with Gasteiger partial charge in [-0.15, -0.1) is 0 Å². The second kappa shape index (κ2) is 8.99. The van der Waals surface area contributed by atoms with E-state index in [-0.39, 0.29) is 17.9 Å². The lowest BCUT2D eigenvalue weighted by atomic mass is 10.1. The maximum atomic E-state index is 12.4. The number of halogens is 1. The molecule has 2 aromatic rings. The van der Waals surface area contributed by atoms with Crippen LogP contribution in [0.15, 0.2) is 69.8 Å². The lowest BCUT2D eigenvalue weighted by Crippen LogP contribution is -2.12. The maximum Gasteiger partial charge on any atom is 0.344 e. The number of thioether (sulfide) groups is 1. The van der Waals surface area contributed by atoms with Gasteiger partial charge in [-0.3, -0.25) is 0 Å². The average molecular weight is 416 g/mol. The van der Waals surface area contributed by atoms with E-state index in [9.17, 15) is 9.90 Å². The van der Waals surface area contributed by atoms with E-state index >= 15 is 0 Å². The molecule has 0 unspecified atom stereocenters. The summed E-state index contributed by atoms with van der Waals surface area (Å²) in [5.74, 6) is -0.0708. The number of carbonyl (C=O) groups excluding carboxylic acids is 1. The fourth-order valence-corrected chi connectivity index (χ4v) is 3.75. The molecule has 144 valence electrons. The van der Waals surface area contributed by atoms with Crippen LogP contribution in [-0.2, 0) is 9.53 Å². The molecule has 0 amide bonds. The molecule has 2 aromatic carbocycles. The molecule has 0 fully saturated rings. The van der Waals surface area contributed by atoms with E-state index in [1.807, 2.05) is 12.1 Å². The SMILES string of the molecule is CCOC(=O)C1=C(O)C(=Cc2cccc(Cl)c2)SC1=Nc1ccc(OC)cc1. The van der Waals surface area contributed by atoms with Crippen molar-refractivity contribution in [3.05, 3.63) is 75.4 Å². The van der Waals surface area contributed by atoms with Gasteiger partial charge < -0.3 is 14.6 Å². The Morgan fingerprint density at radius 2 is 2.00 bits per heavy atom. The summed E-state index contributed by atoms with van der Waals surface area (Å²) in [6.45, 7) is 1.91. The highest BCUT2D eigenvalue weighted by molar-refractivity contribution is 8.18. The van der Waals surface area contributed by atoms with Crippen LogP contribution in [0.2, 0.25) is 5.02 Å². The minimum absolute atomic E-state index is 0.0518. The largest absolute Gasteiger partial charge is 0.506 e. The highest BCUT2D eigenvalue weighted by atomic mass is 35.5. The summed E-state index contributed by atoms with van der Waals surface area (Å²) < 4.78 is 10.2. The van der Waals surface area contributed by atoms with Crippen LogP contribution < -0.4 is 4.74 Å². The van der Waals surface area contributed by atoms with Gasteiger partial charge in [-0.2, -0.15) is 0 Å². The molecule has 1 aliphatic rings. The number of benzene rings is 2. The van der Waals surface area contributed by atoms with Crippen LogP contribution in [0.4, 0.5) is 5.69 Å². The number of nitrogens with zero attached hydrogens (tertiary/aromatic N) is 1. The molecule has 28 heavy (non-hydrogen) atoms. The van der Waals surface area contributed by atoms with Crippen LogP contribution in [0.3, 0.4) is 0 Å². The second-order valence-corrected chi connectivity index (χ2v) is 7.19. The minimum atomic E-state index is -0.616. The zero-order valence-corrected chi connectivity index (χ0v) is 16.9. The summed E-state index contributed by atoms with van der Waals surface area (Å²) in [6, 6.07) is 14.3. The summed E-state index contributed by atoms with van der Waals surface area (Å²) in [5, 5.41) is 11.6. The Bertz CT molecular complexity index is 980. The molecule has 1 heterocycles.